The van der Waals surface area contributed by atoms with Crippen LogP contribution in [-0.4, -0.2) is 11.1 Å². The average molecular weight is 236 g/mol. The Balaban J connectivity index is 2.44. The molecule has 0 fully saturated rings. The van der Waals surface area contributed by atoms with E-state index in [9.17, 15) is 9.18 Å². The number of halogens is 1. The lowest BCUT2D eigenvalue weighted by Crippen LogP contribution is -2.26. The Kier molecular flexibility index (Phi) is 2.65. The van der Waals surface area contributed by atoms with Gasteiger partial charge in [-0.25, -0.2) is 4.39 Å². The molecule has 0 radical (unpaired) electrons. The zero-order chi connectivity index (χ0) is 12.6. The first-order chi connectivity index (χ1) is 7.92. The van der Waals surface area contributed by atoms with Crippen molar-refractivity contribution in [2.24, 2.45) is 5.41 Å². The third-order valence-electron chi connectivity index (χ3n) is 2.84. The number of carbonyl (C=O) groups is 1. The number of fused-ring (bicyclic) bond motifs is 1. The maximum Gasteiger partial charge on any atom is 0.309 e. The van der Waals surface area contributed by atoms with E-state index in [1.165, 1.54) is 12.3 Å². The number of aliphatic carboxylic acids is 1. The molecular weight excluding hydrogens is 223 g/mol. The molecule has 0 spiro atoms. The predicted molar refractivity (Wildman–Crippen MR) is 61.3 cm³/mol. The van der Waals surface area contributed by atoms with E-state index in [2.05, 4.69) is 0 Å². The Bertz CT molecular complexity index is 569. The predicted octanol–water partition coefficient (Wildman–Crippen LogP) is 3.23. The molecule has 0 saturated heterocycles. The molecule has 0 amide bonds. The standard InChI is InChI=1S/C13H13FO3/c1-13(2,12(15)16)6-8-7-17-11-9(8)4-3-5-10(11)14/h3-5,7H,6H2,1-2H3,(H,15,16). The highest BCUT2D eigenvalue weighted by Gasteiger charge is 2.29. The van der Waals surface area contributed by atoms with Gasteiger partial charge in [0, 0.05) is 5.39 Å². The number of para-hydroxylation sites is 1. The van der Waals surface area contributed by atoms with Crippen LogP contribution in [0, 0.1) is 11.2 Å². The maximum absolute atomic E-state index is 13.4. The number of furan rings is 1. The van der Waals surface area contributed by atoms with E-state index in [0.717, 1.165) is 0 Å². The van der Waals surface area contributed by atoms with Crippen LogP contribution in [0.15, 0.2) is 28.9 Å². The van der Waals surface area contributed by atoms with E-state index in [1.807, 2.05) is 0 Å². The number of hydrogen-bond acceptors (Lipinski definition) is 2. The summed E-state index contributed by atoms with van der Waals surface area (Å²) in [4.78, 5) is 11.0. The summed E-state index contributed by atoms with van der Waals surface area (Å²) in [6, 6.07) is 4.64. The fourth-order valence-corrected chi connectivity index (χ4v) is 1.76. The van der Waals surface area contributed by atoms with Crippen molar-refractivity contribution >= 4 is 16.9 Å². The highest BCUT2D eigenvalue weighted by molar-refractivity contribution is 5.83. The van der Waals surface area contributed by atoms with Crippen molar-refractivity contribution in [3.8, 4) is 0 Å². The normalized spacial score (nSPS) is 11.9. The SMILES string of the molecule is CC(C)(Cc1coc2c(F)cccc12)C(=O)O. The van der Waals surface area contributed by atoms with Gasteiger partial charge in [-0.05, 0) is 31.9 Å². The summed E-state index contributed by atoms with van der Waals surface area (Å²) in [7, 11) is 0. The Labute approximate surface area is 97.9 Å². The molecule has 1 aromatic carbocycles. The molecule has 0 atom stereocenters. The summed E-state index contributed by atoms with van der Waals surface area (Å²) in [6.45, 7) is 3.26. The molecule has 4 heteroatoms. The number of rotatable bonds is 3. The Hall–Kier alpha value is -1.84. The van der Waals surface area contributed by atoms with Crippen LogP contribution in [-0.2, 0) is 11.2 Å². The summed E-state index contributed by atoms with van der Waals surface area (Å²) < 4.78 is 18.5. The van der Waals surface area contributed by atoms with Crippen molar-refractivity contribution in [2.75, 3.05) is 0 Å². The summed E-state index contributed by atoms with van der Waals surface area (Å²) in [5, 5.41) is 9.70. The molecule has 0 aliphatic carbocycles. The van der Waals surface area contributed by atoms with Crippen LogP contribution in [0.1, 0.15) is 19.4 Å². The van der Waals surface area contributed by atoms with E-state index in [4.69, 9.17) is 9.52 Å². The second-order valence-corrected chi connectivity index (χ2v) is 4.74. The van der Waals surface area contributed by atoms with Crippen molar-refractivity contribution in [2.45, 2.75) is 20.3 Å². The van der Waals surface area contributed by atoms with Crippen LogP contribution in [0.2, 0.25) is 0 Å². The molecule has 0 bridgehead atoms. The molecule has 17 heavy (non-hydrogen) atoms. The van der Waals surface area contributed by atoms with Crippen molar-refractivity contribution in [3.05, 3.63) is 35.8 Å². The van der Waals surface area contributed by atoms with Gasteiger partial charge in [-0.3, -0.25) is 4.79 Å². The minimum atomic E-state index is -0.900. The largest absolute Gasteiger partial charge is 0.481 e. The van der Waals surface area contributed by atoms with Crippen LogP contribution in [0.25, 0.3) is 11.0 Å². The minimum absolute atomic E-state index is 0.184. The molecule has 90 valence electrons. The van der Waals surface area contributed by atoms with Gasteiger partial charge in [-0.15, -0.1) is 0 Å². The monoisotopic (exact) mass is 236 g/mol. The minimum Gasteiger partial charge on any atom is -0.481 e. The fraction of sp³-hybridized carbons (Fsp3) is 0.308. The Morgan fingerprint density at radius 1 is 1.47 bits per heavy atom. The van der Waals surface area contributed by atoms with Gasteiger partial charge in [0.1, 0.15) is 0 Å². The third kappa shape index (κ3) is 2.02. The Morgan fingerprint density at radius 2 is 2.18 bits per heavy atom. The van der Waals surface area contributed by atoms with Gasteiger partial charge >= 0.3 is 5.97 Å². The van der Waals surface area contributed by atoms with Crippen LogP contribution >= 0.6 is 0 Å². The molecule has 1 heterocycles. The number of hydrogen-bond donors (Lipinski definition) is 1. The molecule has 1 aromatic heterocycles. The summed E-state index contributed by atoms with van der Waals surface area (Å²) in [6.07, 6.45) is 1.73. The first-order valence-corrected chi connectivity index (χ1v) is 5.30. The van der Waals surface area contributed by atoms with Crippen LogP contribution in [0.4, 0.5) is 4.39 Å². The average Bonchev–Trinajstić information content (AvgIpc) is 2.62. The second-order valence-electron chi connectivity index (χ2n) is 4.74. The van der Waals surface area contributed by atoms with Gasteiger partial charge in [0.05, 0.1) is 11.7 Å². The van der Waals surface area contributed by atoms with Gasteiger partial charge in [0.2, 0.25) is 0 Å². The first kappa shape index (κ1) is 11.6. The fourth-order valence-electron chi connectivity index (χ4n) is 1.76. The highest BCUT2D eigenvalue weighted by atomic mass is 19.1. The third-order valence-corrected chi connectivity index (χ3v) is 2.84. The van der Waals surface area contributed by atoms with Crippen LogP contribution in [0.5, 0.6) is 0 Å². The molecule has 0 aliphatic heterocycles. The lowest BCUT2D eigenvalue weighted by atomic mass is 9.86. The summed E-state index contributed by atoms with van der Waals surface area (Å²) in [5.74, 6) is -1.31. The number of carboxylic acid groups (broad SMARTS) is 1. The molecule has 3 nitrogen and oxygen atoms in total. The van der Waals surface area contributed by atoms with Gasteiger partial charge in [0.25, 0.3) is 0 Å². The lowest BCUT2D eigenvalue weighted by molar-refractivity contribution is -0.146. The second kappa shape index (κ2) is 3.87. The lowest BCUT2D eigenvalue weighted by Gasteiger charge is -2.17. The van der Waals surface area contributed by atoms with Crippen LogP contribution in [0.3, 0.4) is 0 Å². The number of carboxylic acids is 1. The van der Waals surface area contributed by atoms with E-state index >= 15 is 0 Å². The van der Waals surface area contributed by atoms with Crippen molar-refractivity contribution in [1.82, 2.24) is 0 Å². The number of benzene rings is 1. The molecule has 2 aromatic rings. The van der Waals surface area contributed by atoms with Crippen molar-refractivity contribution < 1.29 is 18.7 Å². The zero-order valence-electron chi connectivity index (χ0n) is 9.66. The van der Waals surface area contributed by atoms with Gasteiger partial charge in [-0.2, -0.15) is 0 Å². The molecule has 2 rings (SSSR count). The van der Waals surface area contributed by atoms with Crippen LogP contribution < -0.4 is 0 Å². The molecular formula is C13H13FO3. The quantitative estimate of drug-likeness (QED) is 0.890. The van der Waals surface area contributed by atoms with E-state index < -0.39 is 17.2 Å². The molecule has 0 saturated carbocycles. The molecule has 1 N–H and O–H groups in total. The Morgan fingerprint density at radius 3 is 2.82 bits per heavy atom. The van der Waals surface area contributed by atoms with Gasteiger partial charge in [0.15, 0.2) is 11.4 Å². The highest BCUT2D eigenvalue weighted by Crippen LogP contribution is 2.29. The van der Waals surface area contributed by atoms with E-state index in [-0.39, 0.29) is 5.58 Å². The first-order valence-electron chi connectivity index (χ1n) is 5.30. The maximum atomic E-state index is 13.4. The topological polar surface area (TPSA) is 50.4 Å². The van der Waals surface area contributed by atoms with E-state index in [1.54, 1.807) is 26.0 Å². The molecule has 0 aliphatic rings. The smallest absolute Gasteiger partial charge is 0.309 e. The molecule has 0 unspecified atom stereocenters. The van der Waals surface area contributed by atoms with Crippen molar-refractivity contribution in [1.29, 1.82) is 0 Å². The van der Waals surface area contributed by atoms with Gasteiger partial charge < -0.3 is 9.52 Å². The summed E-state index contributed by atoms with van der Waals surface area (Å²) >= 11 is 0. The summed E-state index contributed by atoms with van der Waals surface area (Å²) in [5.41, 5.74) is -0.000988. The zero-order valence-corrected chi connectivity index (χ0v) is 9.66. The van der Waals surface area contributed by atoms with Crippen molar-refractivity contribution in [3.63, 3.8) is 0 Å². The van der Waals surface area contributed by atoms with Gasteiger partial charge in [-0.1, -0.05) is 12.1 Å². The van der Waals surface area contributed by atoms with E-state index in [0.29, 0.717) is 17.4 Å².